The molecule has 29 heavy (non-hydrogen) atoms. The number of esters is 1. The van der Waals surface area contributed by atoms with Gasteiger partial charge in [0.25, 0.3) is 11.8 Å². The molecule has 0 spiro atoms. The number of aryl methyl sites for hydroxylation is 1. The summed E-state index contributed by atoms with van der Waals surface area (Å²) in [5.41, 5.74) is 3.05. The van der Waals surface area contributed by atoms with Crippen LogP contribution in [-0.4, -0.2) is 29.4 Å². The van der Waals surface area contributed by atoms with Crippen molar-refractivity contribution in [1.29, 1.82) is 0 Å². The van der Waals surface area contributed by atoms with Crippen LogP contribution in [0.3, 0.4) is 0 Å². The molecule has 0 aliphatic heterocycles. The van der Waals surface area contributed by atoms with Gasteiger partial charge in [0, 0.05) is 11.1 Å². The number of carbonyl (C=O) groups is 3. The van der Waals surface area contributed by atoms with Crippen LogP contribution in [0.2, 0.25) is 0 Å². The fourth-order valence-corrected chi connectivity index (χ4v) is 4.25. The molecule has 0 saturated carbocycles. The van der Waals surface area contributed by atoms with E-state index in [-0.39, 0.29) is 0 Å². The number of nitrogens with one attached hydrogen (secondary N) is 1. The van der Waals surface area contributed by atoms with E-state index in [4.69, 9.17) is 9.72 Å². The molecule has 1 N–H and O–H groups in total. The average molecular weight is 408 g/mol. The number of thiophene rings is 1. The second kappa shape index (κ2) is 8.13. The van der Waals surface area contributed by atoms with Gasteiger partial charge in [-0.2, -0.15) is 0 Å². The van der Waals surface area contributed by atoms with E-state index >= 15 is 0 Å². The van der Waals surface area contributed by atoms with Gasteiger partial charge in [-0.3, -0.25) is 19.9 Å². The molecule has 6 nitrogen and oxygen atoms in total. The number of fused-ring (bicyclic) bond motifs is 2. The van der Waals surface area contributed by atoms with E-state index in [1.807, 2.05) is 24.3 Å². The zero-order valence-electron chi connectivity index (χ0n) is 15.9. The van der Waals surface area contributed by atoms with Crippen LogP contribution in [0.4, 0.5) is 0 Å². The van der Waals surface area contributed by atoms with Gasteiger partial charge in [-0.1, -0.05) is 31.2 Å². The molecule has 1 atom stereocenters. The number of ether oxygens (including phenoxy) is 1. The maximum atomic E-state index is 12.9. The number of nitrogens with zero attached hydrogens (tertiary/aromatic N) is 1. The molecule has 0 bridgehead atoms. The monoisotopic (exact) mass is 408 g/mol. The number of hydrogen-bond acceptors (Lipinski definition) is 6. The zero-order chi connectivity index (χ0) is 20.4. The maximum absolute atomic E-state index is 12.9. The number of carbonyl (C=O) groups excluding carboxylic acids is 3. The Hall–Kier alpha value is -3.06. The molecule has 1 aliphatic rings. The lowest BCUT2D eigenvalue weighted by Gasteiger charge is -2.24. The van der Waals surface area contributed by atoms with E-state index in [1.54, 1.807) is 17.5 Å². The number of benzene rings is 1. The largest absolute Gasteiger partial charge is 0.452 e. The summed E-state index contributed by atoms with van der Waals surface area (Å²) in [7, 11) is 0. The number of hydrogen-bond donors (Lipinski definition) is 1. The summed E-state index contributed by atoms with van der Waals surface area (Å²) >= 11 is 1.23. The van der Waals surface area contributed by atoms with Crippen molar-refractivity contribution in [3.05, 3.63) is 63.5 Å². The van der Waals surface area contributed by atoms with Crippen LogP contribution < -0.4 is 5.32 Å². The van der Waals surface area contributed by atoms with Crippen molar-refractivity contribution < 1.29 is 19.1 Å². The normalized spacial score (nSPS) is 15.6. The Kier molecular flexibility index (Phi) is 5.40. The Balaban J connectivity index is 1.54. The van der Waals surface area contributed by atoms with Crippen molar-refractivity contribution >= 4 is 40.0 Å². The molecule has 2 heterocycles. The van der Waals surface area contributed by atoms with E-state index in [1.165, 1.54) is 11.3 Å². The summed E-state index contributed by atoms with van der Waals surface area (Å²) in [4.78, 5) is 42.1. The molecule has 0 saturated heterocycles. The molecule has 2 aromatic heterocycles. The van der Waals surface area contributed by atoms with Gasteiger partial charge in [0.05, 0.1) is 16.0 Å². The van der Waals surface area contributed by atoms with Gasteiger partial charge in [-0.15, -0.1) is 11.3 Å². The van der Waals surface area contributed by atoms with E-state index in [9.17, 15) is 14.4 Å². The van der Waals surface area contributed by atoms with Gasteiger partial charge in [-0.25, -0.2) is 4.79 Å². The van der Waals surface area contributed by atoms with Crippen molar-refractivity contribution in [2.75, 3.05) is 6.61 Å². The highest BCUT2D eigenvalue weighted by Crippen LogP contribution is 2.31. The van der Waals surface area contributed by atoms with Gasteiger partial charge >= 0.3 is 5.97 Å². The number of para-hydroxylation sites is 1. The van der Waals surface area contributed by atoms with E-state index in [2.05, 4.69) is 12.2 Å². The molecule has 0 fully saturated rings. The lowest BCUT2D eigenvalue weighted by molar-refractivity contribution is -0.123. The summed E-state index contributed by atoms with van der Waals surface area (Å²) in [6.07, 6.45) is 2.60. The molecule has 0 unspecified atom stereocenters. The molecule has 3 aromatic rings. The molecule has 148 valence electrons. The molecule has 2 amide bonds. The maximum Gasteiger partial charge on any atom is 0.339 e. The number of aromatic nitrogens is 1. The molecule has 1 aromatic carbocycles. The summed E-state index contributed by atoms with van der Waals surface area (Å²) in [6, 6.07) is 10.8. The fourth-order valence-electron chi connectivity index (χ4n) is 3.63. The van der Waals surface area contributed by atoms with E-state index in [0.717, 1.165) is 41.4 Å². The first-order valence-corrected chi connectivity index (χ1v) is 10.4. The van der Waals surface area contributed by atoms with Crippen molar-refractivity contribution in [3.63, 3.8) is 0 Å². The smallest absolute Gasteiger partial charge is 0.339 e. The molecule has 7 heteroatoms. The Bertz CT molecular complexity index is 1090. The molecule has 4 rings (SSSR count). The highest BCUT2D eigenvalue weighted by atomic mass is 32.1. The van der Waals surface area contributed by atoms with Gasteiger partial charge < -0.3 is 4.74 Å². The van der Waals surface area contributed by atoms with Crippen LogP contribution >= 0.6 is 11.3 Å². The summed E-state index contributed by atoms with van der Waals surface area (Å²) < 4.78 is 5.29. The fraction of sp³-hybridized carbons (Fsp3) is 0.273. The standard InChI is InChI=1S/C22H20N2O4S/c1-13-8-9-17-15(11-13)20(14-5-2-3-6-16(14)23-17)22(27)28-12-19(25)24-21(26)18-7-4-10-29-18/h2-7,10,13H,8-9,11-12H2,1H3,(H,24,25,26)/t13-/m0/s1. The Morgan fingerprint density at radius 1 is 1.21 bits per heavy atom. The van der Waals surface area contributed by atoms with Crippen LogP contribution in [0.1, 0.15) is 44.6 Å². The second-order valence-electron chi connectivity index (χ2n) is 7.21. The third kappa shape index (κ3) is 4.05. The highest BCUT2D eigenvalue weighted by Gasteiger charge is 2.26. The molecular formula is C22H20N2O4S. The quantitative estimate of drug-likeness (QED) is 0.668. The van der Waals surface area contributed by atoms with Crippen molar-refractivity contribution in [2.24, 2.45) is 5.92 Å². The second-order valence-corrected chi connectivity index (χ2v) is 8.16. The topological polar surface area (TPSA) is 85.4 Å². The predicted molar refractivity (Wildman–Crippen MR) is 110 cm³/mol. The number of pyridine rings is 1. The van der Waals surface area contributed by atoms with Crippen molar-refractivity contribution in [3.8, 4) is 0 Å². The molecule has 1 aliphatic carbocycles. The van der Waals surface area contributed by atoms with Gasteiger partial charge in [0.2, 0.25) is 0 Å². The van der Waals surface area contributed by atoms with Crippen LogP contribution in [0.15, 0.2) is 41.8 Å². The molecule has 0 radical (unpaired) electrons. The minimum atomic E-state index is -0.655. The lowest BCUT2D eigenvalue weighted by Crippen LogP contribution is -2.34. The van der Waals surface area contributed by atoms with Crippen molar-refractivity contribution in [1.82, 2.24) is 10.3 Å². The first kappa shape index (κ1) is 19.3. The highest BCUT2D eigenvalue weighted by molar-refractivity contribution is 7.12. The minimum Gasteiger partial charge on any atom is -0.452 e. The third-order valence-electron chi connectivity index (χ3n) is 5.04. The lowest BCUT2D eigenvalue weighted by atomic mass is 9.84. The average Bonchev–Trinajstić information content (AvgIpc) is 3.25. The first-order chi connectivity index (χ1) is 14.0. The minimum absolute atomic E-state index is 0.424. The van der Waals surface area contributed by atoms with Gasteiger partial charge in [-0.05, 0) is 48.3 Å². The van der Waals surface area contributed by atoms with Gasteiger partial charge in [0.15, 0.2) is 6.61 Å². The van der Waals surface area contributed by atoms with Crippen molar-refractivity contribution in [2.45, 2.75) is 26.2 Å². The number of amides is 2. The third-order valence-corrected chi connectivity index (χ3v) is 5.91. The van der Waals surface area contributed by atoms with Gasteiger partial charge in [0.1, 0.15) is 0 Å². The van der Waals surface area contributed by atoms with E-state index in [0.29, 0.717) is 16.4 Å². The van der Waals surface area contributed by atoms with E-state index < -0.39 is 24.4 Å². The van der Waals surface area contributed by atoms with Crippen LogP contribution in [0.25, 0.3) is 10.9 Å². The number of rotatable bonds is 4. The predicted octanol–water partition coefficient (Wildman–Crippen LogP) is 3.53. The van der Waals surface area contributed by atoms with Crippen LogP contribution in [0, 0.1) is 5.92 Å². The zero-order valence-corrected chi connectivity index (χ0v) is 16.8. The van der Waals surface area contributed by atoms with Crippen LogP contribution in [0.5, 0.6) is 0 Å². The summed E-state index contributed by atoms with van der Waals surface area (Å²) in [5.74, 6) is -1.27. The SMILES string of the molecule is C[C@H]1CCc2nc3ccccc3c(C(=O)OCC(=O)NC(=O)c3cccs3)c2C1. The first-order valence-electron chi connectivity index (χ1n) is 9.48. The number of imide groups is 1. The Morgan fingerprint density at radius 2 is 2.03 bits per heavy atom. The molecular weight excluding hydrogens is 388 g/mol. The summed E-state index contributed by atoms with van der Waals surface area (Å²) in [5, 5.41) is 4.71. The Morgan fingerprint density at radius 3 is 2.83 bits per heavy atom. The summed E-state index contributed by atoms with van der Waals surface area (Å²) in [6.45, 7) is 1.63. The Labute approximate surface area is 171 Å². The van der Waals surface area contributed by atoms with Crippen LogP contribution in [-0.2, 0) is 22.4 Å².